The van der Waals surface area contributed by atoms with E-state index < -0.39 is 0 Å². The van der Waals surface area contributed by atoms with Crippen molar-refractivity contribution in [1.82, 2.24) is 4.98 Å². The van der Waals surface area contributed by atoms with Crippen LogP contribution in [0.15, 0.2) is 42.5 Å². The van der Waals surface area contributed by atoms with E-state index in [1.807, 2.05) is 45.3 Å². The van der Waals surface area contributed by atoms with Gasteiger partial charge in [0.05, 0.1) is 37.4 Å². The quantitative estimate of drug-likeness (QED) is 0.761. The summed E-state index contributed by atoms with van der Waals surface area (Å²) in [6, 6.07) is 12.0. The molecule has 3 aromatic rings. The van der Waals surface area contributed by atoms with E-state index in [4.69, 9.17) is 0 Å². The Balaban J connectivity index is 2.01. The topological polar surface area (TPSA) is 37.6 Å². The maximum atomic E-state index is 13.5. The Morgan fingerprint density at radius 3 is 2.72 bits per heavy atom. The van der Waals surface area contributed by atoms with Crippen molar-refractivity contribution < 1.29 is 14.1 Å². The first-order chi connectivity index (χ1) is 12.0. The molecule has 3 rings (SSSR count). The summed E-state index contributed by atoms with van der Waals surface area (Å²) in [5, 5.41) is 0.607. The number of benzene rings is 2. The average molecular weight is 358 g/mol. The lowest BCUT2D eigenvalue weighted by molar-refractivity contribution is -0.856. The molecule has 0 saturated carbocycles. The van der Waals surface area contributed by atoms with E-state index in [1.165, 1.54) is 28.4 Å². The molecule has 0 bridgehead atoms. The number of carbonyl (C=O) groups excluding carboxylic acids is 1. The molecule has 25 heavy (non-hydrogen) atoms. The monoisotopic (exact) mass is 358 g/mol. The van der Waals surface area contributed by atoms with Gasteiger partial charge in [-0.3, -0.25) is 9.69 Å². The van der Waals surface area contributed by atoms with Gasteiger partial charge < -0.3 is 4.90 Å². The number of nitrogens with one attached hydrogen (secondary N) is 1. The molecule has 0 fully saturated rings. The largest absolute Gasteiger partial charge is 0.338 e. The normalized spacial score (nSPS) is 11.2. The van der Waals surface area contributed by atoms with E-state index in [9.17, 15) is 9.18 Å². The van der Waals surface area contributed by atoms with Gasteiger partial charge in [0.2, 0.25) is 0 Å². The van der Waals surface area contributed by atoms with Crippen molar-refractivity contribution in [2.24, 2.45) is 0 Å². The smallest absolute Gasteiger partial charge is 0.260 e. The van der Waals surface area contributed by atoms with Crippen molar-refractivity contribution in [2.45, 2.75) is 6.92 Å². The number of aryl methyl sites for hydroxylation is 1. The van der Waals surface area contributed by atoms with Crippen LogP contribution in [0.2, 0.25) is 0 Å². The third-order valence-corrected chi connectivity index (χ3v) is 5.07. The third kappa shape index (κ3) is 3.86. The Morgan fingerprint density at radius 1 is 1.24 bits per heavy atom. The van der Waals surface area contributed by atoms with Crippen LogP contribution in [0.5, 0.6) is 0 Å². The molecule has 6 heteroatoms. The number of likely N-dealkylation sites (N-methyl/N-ethyl adjacent to an activating group) is 1. The number of anilines is 1. The van der Waals surface area contributed by atoms with Crippen molar-refractivity contribution in [1.29, 1.82) is 0 Å². The molecule has 0 radical (unpaired) electrons. The zero-order chi connectivity index (χ0) is 18.0. The van der Waals surface area contributed by atoms with Gasteiger partial charge in [-0.25, -0.2) is 9.37 Å². The second-order valence-electron chi connectivity index (χ2n) is 6.34. The van der Waals surface area contributed by atoms with Crippen LogP contribution in [0.4, 0.5) is 9.52 Å². The zero-order valence-electron chi connectivity index (χ0n) is 14.5. The molecule has 1 amide bonds. The number of rotatable bonds is 5. The van der Waals surface area contributed by atoms with Crippen molar-refractivity contribution in [3.8, 4) is 0 Å². The van der Waals surface area contributed by atoms with Gasteiger partial charge in [-0.1, -0.05) is 29.5 Å². The number of carbonyl (C=O) groups is 1. The molecule has 0 spiro atoms. The van der Waals surface area contributed by atoms with Crippen molar-refractivity contribution >= 4 is 32.6 Å². The summed E-state index contributed by atoms with van der Waals surface area (Å²) in [5.41, 5.74) is 2.31. The number of hydrogen-bond donors (Lipinski definition) is 1. The molecule has 1 aromatic heterocycles. The average Bonchev–Trinajstić information content (AvgIpc) is 2.97. The van der Waals surface area contributed by atoms with Crippen LogP contribution in [0.3, 0.4) is 0 Å². The minimum absolute atomic E-state index is 0.0705. The molecule has 4 nitrogen and oxygen atoms in total. The van der Waals surface area contributed by atoms with Crippen LogP contribution in [0.1, 0.15) is 15.9 Å². The number of aromatic nitrogens is 1. The molecule has 0 atom stereocenters. The summed E-state index contributed by atoms with van der Waals surface area (Å²) in [7, 11) is 4.09. The SMILES string of the molecule is Cc1ccccc1C(=O)N(CC[NH+](C)C)c1nc2ccc(F)cc2s1. The first kappa shape index (κ1) is 17.5. The standard InChI is InChI=1S/C19H20FN3OS/c1-13-6-4-5-7-15(13)18(24)23(11-10-22(2)3)19-21-16-9-8-14(20)12-17(16)25-19/h4-9,12H,10-11H2,1-3H3/p+1. The van der Waals surface area contributed by atoms with Gasteiger partial charge in [-0.15, -0.1) is 0 Å². The fourth-order valence-electron chi connectivity index (χ4n) is 2.58. The molecule has 1 N–H and O–H groups in total. The summed E-state index contributed by atoms with van der Waals surface area (Å²) >= 11 is 1.34. The van der Waals surface area contributed by atoms with E-state index in [0.717, 1.165) is 16.8 Å². The van der Waals surface area contributed by atoms with E-state index in [-0.39, 0.29) is 11.7 Å². The number of hydrogen-bond acceptors (Lipinski definition) is 3. The Kier molecular flexibility index (Phi) is 5.11. The molecular formula is C19H21FN3OS+. The Morgan fingerprint density at radius 2 is 2.00 bits per heavy atom. The maximum Gasteiger partial charge on any atom is 0.260 e. The van der Waals surface area contributed by atoms with Gasteiger partial charge in [-0.05, 0) is 36.8 Å². The number of thiazole rings is 1. The number of nitrogens with zero attached hydrogens (tertiary/aromatic N) is 2. The second-order valence-corrected chi connectivity index (χ2v) is 7.35. The van der Waals surface area contributed by atoms with Gasteiger partial charge >= 0.3 is 0 Å². The molecule has 130 valence electrons. The highest BCUT2D eigenvalue weighted by Crippen LogP contribution is 2.30. The third-order valence-electron chi connectivity index (χ3n) is 4.03. The van der Waals surface area contributed by atoms with Crippen LogP contribution in [-0.4, -0.2) is 38.1 Å². The summed E-state index contributed by atoms with van der Waals surface area (Å²) < 4.78 is 14.2. The number of fused-ring (bicyclic) bond motifs is 1. The Bertz CT molecular complexity index is 907. The molecule has 1 heterocycles. The van der Waals surface area contributed by atoms with Crippen molar-refractivity contribution in [3.05, 3.63) is 59.4 Å². The summed E-state index contributed by atoms with van der Waals surface area (Å²) in [5.74, 6) is -0.365. The fraction of sp³-hybridized carbons (Fsp3) is 0.263. The lowest BCUT2D eigenvalue weighted by Crippen LogP contribution is -3.06. The van der Waals surface area contributed by atoms with Crippen LogP contribution in [0, 0.1) is 12.7 Å². The van der Waals surface area contributed by atoms with Crippen LogP contribution < -0.4 is 9.80 Å². The molecule has 0 unspecified atom stereocenters. The van der Waals surface area contributed by atoms with Crippen molar-refractivity contribution in [3.63, 3.8) is 0 Å². The van der Waals surface area contributed by atoms with E-state index in [2.05, 4.69) is 4.98 Å². The van der Waals surface area contributed by atoms with Crippen LogP contribution in [0.25, 0.3) is 10.2 Å². The molecule has 0 saturated heterocycles. The maximum absolute atomic E-state index is 13.5. The summed E-state index contributed by atoms with van der Waals surface area (Å²) in [6.45, 7) is 3.27. The second kappa shape index (κ2) is 7.29. The minimum atomic E-state index is -0.294. The van der Waals surface area contributed by atoms with Gasteiger partial charge in [0.15, 0.2) is 5.13 Å². The summed E-state index contributed by atoms with van der Waals surface area (Å²) in [4.78, 5) is 20.6. The first-order valence-electron chi connectivity index (χ1n) is 8.18. The number of halogens is 1. The van der Waals surface area contributed by atoms with Gasteiger partial charge in [-0.2, -0.15) is 0 Å². The van der Waals surface area contributed by atoms with Crippen molar-refractivity contribution in [2.75, 3.05) is 32.1 Å². The van der Waals surface area contributed by atoms with Gasteiger partial charge in [0.1, 0.15) is 5.82 Å². The highest BCUT2D eigenvalue weighted by atomic mass is 32.1. The molecular weight excluding hydrogens is 337 g/mol. The number of amides is 1. The molecule has 0 aliphatic carbocycles. The van der Waals surface area contributed by atoms with Crippen LogP contribution in [-0.2, 0) is 0 Å². The molecule has 0 aliphatic heterocycles. The lowest BCUT2D eigenvalue weighted by atomic mass is 10.1. The Hall–Kier alpha value is -2.31. The molecule has 2 aromatic carbocycles. The minimum Gasteiger partial charge on any atom is -0.338 e. The van der Waals surface area contributed by atoms with E-state index >= 15 is 0 Å². The van der Waals surface area contributed by atoms with E-state index in [0.29, 0.717) is 22.8 Å². The van der Waals surface area contributed by atoms with Gasteiger partial charge in [0, 0.05) is 5.56 Å². The lowest BCUT2D eigenvalue weighted by Gasteiger charge is -2.21. The van der Waals surface area contributed by atoms with Crippen LogP contribution >= 0.6 is 11.3 Å². The predicted molar refractivity (Wildman–Crippen MR) is 100 cm³/mol. The predicted octanol–water partition coefficient (Wildman–Crippen LogP) is 2.54. The zero-order valence-corrected chi connectivity index (χ0v) is 15.4. The first-order valence-corrected chi connectivity index (χ1v) is 9.00. The van der Waals surface area contributed by atoms with E-state index in [1.54, 1.807) is 11.0 Å². The summed E-state index contributed by atoms with van der Waals surface area (Å²) in [6.07, 6.45) is 0. The van der Waals surface area contributed by atoms with Gasteiger partial charge in [0.25, 0.3) is 5.91 Å². The number of quaternary nitrogens is 1. The fourth-order valence-corrected chi connectivity index (χ4v) is 3.59. The highest BCUT2D eigenvalue weighted by molar-refractivity contribution is 7.22. The Labute approximate surface area is 150 Å². The highest BCUT2D eigenvalue weighted by Gasteiger charge is 2.23. The molecule has 0 aliphatic rings.